The highest BCUT2D eigenvalue weighted by molar-refractivity contribution is 5.84. The van der Waals surface area contributed by atoms with Gasteiger partial charge in [0.05, 0.1) is 0 Å². The lowest BCUT2D eigenvalue weighted by Crippen LogP contribution is -1.93. The zero-order valence-corrected chi connectivity index (χ0v) is 4.59. The fourth-order valence-corrected chi connectivity index (χ4v) is 0.469. The topological polar surface area (TPSA) is 97.8 Å². The lowest BCUT2D eigenvalue weighted by Gasteiger charge is -1.84. The van der Waals surface area contributed by atoms with Gasteiger partial charge in [-0.05, 0) is 0 Å². The monoisotopic (exact) mass is 126 g/mol. The highest BCUT2D eigenvalue weighted by Gasteiger charge is 2.03. The van der Waals surface area contributed by atoms with Crippen molar-refractivity contribution in [3.05, 3.63) is 5.69 Å². The van der Waals surface area contributed by atoms with Crippen LogP contribution < -0.4 is 11.5 Å². The number of nitrogens with zero attached hydrogens (tertiary/aromatic N) is 1. The molecule has 0 saturated heterocycles. The molecular weight excluding hydrogens is 120 g/mol. The van der Waals surface area contributed by atoms with Crippen molar-refractivity contribution >= 4 is 17.8 Å². The minimum absolute atomic E-state index is 0.164. The van der Waals surface area contributed by atoms with E-state index in [4.69, 9.17) is 11.5 Å². The summed E-state index contributed by atoms with van der Waals surface area (Å²) in [7, 11) is 0. The minimum atomic E-state index is 0.164. The lowest BCUT2D eigenvalue weighted by atomic mass is 10.4. The maximum atomic E-state index is 10.0. The Kier molecular flexibility index (Phi) is 1.11. The molecule has 0 fully saturated rings. The molecule has 0 unspecified atom stereocenters. The number of nitrogens with one attached hydrogen (secondary N) is 1. The van der Waals surface area contributed by atoms with E-state index in [1.54, 1.807) is 0 Å². The number of aldehydes is 1. The Hall–Kier alpha value is -1.52. The molecule has 5 N–H and O–H groups in total. The Morgan fingerprint density at radius 1 is 1.56 bits per heavy atom. The number of nitrogens with two attached hydrogens (primary N) is 2. The second-order valence-corrected chi connectivity index (χ2v) is 1.55. The van der Waals surface area contributed by atoms with E-state index in [0.29, 0.717) is 6.29 Å². The number of hydrogen-bond acceptors (Lipinski definition) is 4. The number of carbonyl (C=O) groups excluding carboxylic acids is 1. The summed E-state index contributed by atoms with van der Waals surface area (Å²) < 4.78 is 0. The van der Waals surface area contributed by atoms with Gasteiger partial charge in [-0.3, -0.25) is 9.89 Å². The van der Waals surface area contributed by atoms with E-state index in [9.17, 15) is 4.79 Å². The number of anilines is 2. The van der Waals surface area contributed by atoms with Crippen LogP contribution in [0.4, 0.5) is 11.5 Å². The van der Waals surface area contributed by atoms with Gasteiger partial charge in [0.25, 0.3) is 0 Å². The molecule has 1 rings (SSSR count). The first-order valence-corrected chi connectivity index (χ1v) is 2.30. The van der Waals surface area contributed by atoms with Gasteiger partial charge in [-0.1, -0.05) is 0 Å². The molecule has 0 saturated carbocycles. The number of nitrogen functional groups attached to an aromatic ring is 2. The van der Waals surface area contributed by atoms with E-state index >= 15 is 0 Å². The van der Waals surface area contributed by atoms with Crippen molar-refractivity contribution in [2.45, 2.75) is 0 Å². The molecular formula is C4H6N4O. The van der Waals surface area contributed by atoms with E-state index in [1.165, 1.54) is 0 Å². The van der Waals surface area contributed by atoms with E-state index < -0.39 is 0 Å². The molecule has 0 amide bonds. The molecule has 0 aliphatic heterocycles. The van der Waals surface area contributed by atoms with Crippen LogP contribution in [-0.2, 0) is 0 Å². The third-order valence-electron chi connectivity index (χ3n) is 0.981. The summed E-state index contributed by atoms with van der Waals surface area (Å²) in [5.74, 6) is 0.164. The molecule has 1 aromatic rings. The number of aromatic amines is 1. The van der Waals surface area contributed by atoms with Crippen molar-refractivity contribution in [1.82, 2.24) is 10.2 Å². The van der Waals surface area contributed by atoms with Gasteiger partial charge < -0.3 is 11.5 Å². The summed E-state index contributed by atoms with van der Waals surface area (Å²) in [6.45, 7) is 0. The molecule has 0 spiro atoms. The summed E-state index contributed by atoms with van der Waals surface area (Å²) in [5, 5.41) is 5.84. The second kappa shape index (κ2) is 1.77. The van der Waals surface area contributed by atoms with Gasteiger partial charge in [0.1, 0.15) is 11.4 Å². The van der Waals surface area contributed by atoms with Crippen LogP contribution in [-0.4, -0.2) is 16.5 Å². The Bertz CT molecular complexity index is 228. The third kappa shape index (κ3) is 0.716. The molecule has 48 valence electrons. The van der Waals surface area contributed by atoms with Gasteiger partial charge in [0.2, 0.25) is 0 Å². The van der Waals surface area contributed by atoms with Crippen molar-refractivity contribution in [1.29, 1.82) is 0 Å². The van der Waals surface area contributed by atoms with Crippen LogP contribution >= 0.6 is 0 Å². The standard InChI is InChI=1S/C4H6N4O/c5-3-2(1-9)7-8-4(3)6/h1H,5H2,(H3,6,7,8). The largest absolute Gasteiger partial charge is 0.394 e. The van der Waals surface area contributed by atoms with Crippen LogP contribution in [0.2, 0.25) is 0 Å². The number of hydrogen-bond donors (Lipinski definition) is 3. The predicted molar refractivity (Wildman–Crippen MR) is 32.8 cm³/mol. The molecule has 0 bridgehead atoms. The summed E-state index contributed by atoms with van der Waals surface area (Å²) in [6, 6.07) is 0. The van der Waals surface area contributed by atoms with Crippen LogP contribution in [0.1, 0.15) is 10.5 Å². The van der Waals surface area contributed by atoms with E-state index in [1.807, 2.05) is 0 Å². The molecule has 0 radical (unpaired) electrons. The number of H-pyrrole nitrogens is 1. The molecule has 9 heavy (non-hydrogen) atoms. The van der Waals surface area contributed by atoms with Crippen LogP contribution in [0.25, 0.3) is 0 Å². The first-order valence-electron chi connectivity index (χ1n) is 2.30. The molecule has 0 aromatic carbocycles. The molecule has 0 atom stereocenters. The highest BCUT2D eigenvalue weighted by Crippen LogP contribution is 2.12. The van der Waals surface area contributed by atoms with Gasteiger partial charge >= 0.3 is 0 Å². The Morgan fingerprint density at radius 2 is 2.22 bits per heavy atom. The molecule has 1 aromatic heterocycles. The van der Waals surface area contributed by atoms with E-state index in [-0.39, 0.29) is 17.2 Å². The van der Waals surface area contributed by atoms with Gasteiger partial charge in [-0.25, -0.2) is 0 Å². The van der Waals surface area contributed by atoms with Crippen molar-refractivity contribution in [3.63, 3.8) is 0 Å². The number of rotatable bonds is 1. The zero-order chi connectivity index (χ0) is 6.85. The first kappa shape index (κ1) is 5.61. The minimum Gasteiger partial charge on any atom is -0.394 e. The molecule has 0 aliphatic rings. The Balaban J connectivity index is 3.18. The normalized spacial score (nSPS) is 9.33. The smallest absolute Gasteiger partial charge is 0.170 e. The second-order valence-electron chi connectivity index (χ2n) is 1.55. The molecule has 5 heteroatoms. The maximum Gasteiger partial charge on any atom is 0.170 e. The third-order valence-corrected chi connectivity index (χ3v) is 0.981. The molecule has 5 nitrogen and oxygen atoms in total. The van der Waals surface area contributed by atoms with Crippen molar-refractivity contribution < 1.29 is 4.79 Å². The quantitative estimate of drug-likeness (QED) is 0.437. The van der Waals surface area contributed by atoms with E-state index in [2.05, 4.69) is 10.2 Å². The zero-order valence-electron chi connectivity index (χ0n) is 4.59. The van der Waals surface area contributed by atoms with E-state index in [0.717, 1.165) is 0 Å². The van der Waals surface area contributed by atoms with Crippen LogP contribution in [0.15, 0.2) is 0 Å². The van der Waals surface area contributed by atoms with Crippen LogP contribution in [0, 0.1) is 0 Å². The summed E-state index contributed by atoms with van der Waals surface area (Å²) in [5.41, 5.74) is 10.9. The Labute approximate surface area is 51.0 Å². The fourth-order valence-electron chi connectivity index (χ4n) is 0.469. The number of carbonyl (C=O) groups is 1. The van der Waals surface area contributed by atoms with Gasteiger partial charge in [-0.15, -0.1) is 0 Å². The lowest BCUT2D eigenvalue weighted by molar-refractivity contribution is 0.112. The summed E-state index contributed by atoms with van der Waals surface area (Å²) in [4.78, 5) is 10.0. The van der Waals surface area contributed by atoms with Gasteiger partial charge in [-0.2, -0.15) is 5.10 Å². The predicted octanol–water partition coefficient (Wildman–Crippen LogP) is -0.613. The molecule has 1 heterocycles. The first-order chi connectivity index (χ1) is 4.25. The molecule has 0 aliphatic carbocycles. The fraction of sp³-hybridized carbons (Fsp3) is 0. The van der Waals surface area contributed by atoms with Crippen molar-refractivity contribution in [2.75, 3.05) is 11.5 Å². The Morgan fingerprint density at radius 3 is 2.44 bits per heavy atom. The van der Waals surface area contributed by atoms with Crippen molar-refractivity contribution in [3.8, 4) is 0 Å². The van der Waals surface area contributed by atoms with Gasteiger partial charge in [0, 0.05) is 0 Å². The highest BCUT2D eigenvalue weighted by atomic mass is 16.1. The summed E-state index contributed by atoms with van der Waals surface area (Å²) >= 11 is 0. The average Bonchev–Trinajstić information content (AvgIpc) is 2.15. The summed E-state index contributed by atoms with van der Waals surface area (Å²) in [6.07, 6.45) is 0.568. The van der Waals surface area contributed by atoms with Crippen molar-refractivity contribution in [2.24, 2.45) is 0 Å². The number of aromatic nitrogens is 2. The average molecular weight is 126 g/mol. The van der Waals surface area contributed by atoms with Crippen LogP contribution in [0.3, 0.4) is 0 Å². The SMILES string of the molecule is Nc1n[nH]c(C=O)c1N. The maximum absolute atomic E-state index is 10.0. The van der Waals surface area contributed by atoms with Gasteiger partial charge in [0.15, 0.2) is 12.1 Å². The van der Waals surface area contributed by atoms with Crippen LogP contribution in [0.5, 0.6) is 0 Å².